The van der Waals surface area contributed by atoms with E-state index < -0.39 is 5.91 Å². The van der Waals surface area contributed by atoms with Gasteiger partial charge in [0.15, 0.2) is 6.61 Å². The van der Waals surface area contributed by atoms with E-state index >= 15 is 0 Å². The Morgan fingerprint density at radius 3 is 2.72 bits per heavy atom. The van der Waals surface area contributed by atoms with Crippen LogP contribution in [0.4, 0.5) is 0 Å². The summed E-state index contributed by atoms with van der Waals surface area (Å²) in [5.74, 6) is -0.00184. The Balaban J connectivity index is 1.54. The van der Waals surface area contributed by atoms with Gasteiger partial charge in [-0.05, 0) is 49.6 Å². The van der Waals surface area contributed by atoms with Gasteiger partial charge in [-0.2, -0.15) is 5.10 Å². The van der Waals surface area contributed by atoms with Crippen molar-refractivity contribution >= 4 is 11.8 Å². The van der Waals surface area contributed by atoms with Crippen LogP contribution in [-0.2, 0) is 4.79 Å². The number of carbonyl (C=O) groups is 2. The van der Waals surface area contributed by atoms with Crippen LogP contribution in [0.2, 0.25) is 0 Å². The fourth-order valence-electron chi connectivity index (χ4n) is 2.98. The monoisotopic (exact) mass is 342 g/mol. The van der Waals surface area contributed by atoms with Crippen LogP contribution in [0.15, 0.2) is 36.7 Å². The van der Waals surface area contributed by atoms with Gasteiger partial charge in [-0.1, -0.05) is 0 Å². The first kappa shape index (κ1) is 17.0. The van der Waals surface area contributed by atoms with E-state index in [2.05, 4.69) is 5.10 Å². The quantitative estimate of drug-likeness (QED) is 0.892. The molecule has 0 spiro atoms. The number of rotatable bonds is 5. The Kier molecular flexibility index (Phi) is 5.02. The molecule has 7 heteroatoms. The number of benzene rings is 1. The summed E-state index contributed by atoms with van der Waals surface area (Å²) >= 11 is 0. The molecule has 1 unspecified atom stereocenters. The molecule has 3 rings (SSSR count). The maximum atomic E-state index is 12.4. The van der Waals surface area contributed by atoms with Gasteiger partial charge in [0.2, 0.25) is 5.91 Å². The molecule has 7 nitrogen and oxygen atoms in total. The molecule has 2 amide bonds. The zero-order chi connectivity index (χ0) is 17.8. The minimum absolute atomic E-state index is 0.0270. The molecule has 2 heterocycles. The largest absolute Gasteiger partial charge is 0.484 e. The maximum absolute atomic E-state index is 12.4. The van der Waals surface area contributed by atoms with Crippen LogP contribution in [0, 0.1) is 6.92 Å². The molecular weight excluding hydrogens is 320 g/mol. The molecule has 2 aromatic rings. The molecule has 1 fully saturated rings. The number of aromatic nitrogens is 2. The van der Waals surface area contributed by atoms with Crippen LogP contribution in [0.1, 0.15) is 34.8 Å². The van der Waals surface area contributed by atoms with Crippen LogP contribution in [-0.4, -0.2) is 46.2 Å². The Morgan fingerprint density at radius 2 is 2.08 bits per heavy atom. The molecule has 25 heavy (non-hydrogen) atoms. The molecule has 2 N–H and O–H groups in total. The fraction of sp³-hybridized carbons (Fsp3) is 0.389. The fourth-order valence-corrected chi connectivity index (χ4v) is 2.98. The van der Waals surface area contributed by atoms with E-state index in [1.54, 1.807) is 24.3 Å². The summed E-state index contributed by atoms with van der Waals surface area (Å²) in [5, 5.41) is 4.36. The van der Waals surface area contributed by atoms with E-state index in [4.69, 9.17) is 10.5 Å². The second kappa shape index (κ2) is 7.38. The van der Waals surface area contributed by atoms with Crippen molar-refractivity contribution in [2.45, 2.75) is 25.8 Å². The van der Waals surface area contributed by atoms with Crippen molar-refractivity contribution in [3.8, 4) is 5.75 Å². The molecule has 0 radical (unpaired) electrons. The molecule has 0 aliphatic carbocycles. The highest BCUT2D eigenvalue weighted by Crippen LogP contribution is 2.21. The smallest absolute Gasteiger partial charge is 0.260 e. The lowest BCUT2D eigenvalue weighted by atomic mass is 10.1. The summed E-state index contributed by atoms with van der Waals surface area (Å²) < 4.78 is 7.48. The highest BCUT2D eigenvalue weighted by molar-refractivity contribution is 5.92. The van der Waals surface area contributed by atoms with Crippen molar-refractivity contribution in [1.82, 2.24) is 14.7 Å². The number of piperidine rings is 1. The van der Waals surface area contributed by atoms with Gasteiger partial charge in [0.05, 0.1) is 12.2 Å². The Labute approximate surface area is 146 Å². The third kappa shape index (κ3) is 4.17. The van der Waals surface area contributed by atoms with Gasteiger partial charge in [0.25, 0.3) is 5.91 Å². The highest BCUT2D eigenvalue weighted by Gasteiger charge is 2.25. The molecule has 1 aliphatic rings. The van der Waals surface area contributed by atoms with Crippen molar-refractivity contribution in [3.05, 3.63) is 47.8 Å². The first-order valence-corrected chi connectivity index (χ1v) is 8.34. The Morgan fingerprint density at radius 1 is 1.32 bits per heavy atom. The molecule has 1 aliphatic heterocycles. The molecule has 1 aromatic carbocycles. The third-order valence-electron chi connectivity index (χ3n) is 4.36. The molecule has 0 saturated carbocycles. The lowest BCUT2D eigenvalue weighted by Gasteiger charge is -2.32. The van der Waals surface area contributed by atoms with Crippen molar-refractivity contribution < 1.29 is 14.3 Å². The van der Waals surface area contributed by atoms with Gasteiger partial charge >= 0.3 is 0 Å². The van der Waals surface area contributed by atoms with E-state index in [1.807, 2.05) is 28.9 Å². The van der Waals surface area contributed by atoms with Crippen LogP contribution >= 0.6 is 0 Å². The SMILES string of the molecule is Cc1cnn(C2CCCN(C(=O)COc3ccc(C(N)=O)cc3)C2)c1. The lowest BCUT2D eigenvalue weighted by Crippen LogP contribution is -2.43. The summed E-state index contributed by atoms with van der Waals surface area (Å²) in [6.45, 7) is 3.36. The van der Waals surface area contributed by atoms with Crippen LogP contribution in [0.5, 0.6) is 5.75 Å². The number of likely N-dealkylation sites (tertiary alicyclic amines) is 1. The summed E-state index contributed by atoms with van der Waals surface area (Å²) in [5.41, 5.74) is 6.72. The summed E-state index contributed by atoms with van der Waals surface area (Å²) in [7, 11) is 0. The van der Waals surface area contributed by atoms with Crippen LogP contribution in [0.3, 0.4) is 0 Å². The number of nitrogens with zero attached hydrogens (tertiary/aromatic N) is 3. The molecular formula is C18H22N4O3. The van der Waals surface area contributed by atoms with Gasteiger partial charge < -0.3 is 15.4 Å². The predicted octanol–water partition coefficient (Wildman–Crippen LogP) is 1.53. The van der Waals surface area contributed by atoms with Gasteiger partial charge in [-0.3, -0.25) is 14.3 Å². The molecule has 1 atom stereocenters. The van der Waals surface area contributed by atoms with Crippen molar-refractivity contribution in [1.29, 1.82) is 0 Å². The van der Waals surface area contributed by atoms with E-state index in [9.17, 15) is 9.59 Å². The number of hydrogen-bond acceptors (Lipinski definition) is 4. The van der Waals surface area contributed by atoms with Crippen molar-refractivity contribution in [3.63, 3.8) is 0 Å². The molecule has 0 bridgehead atoms. The average Bonchev–Trinajstić information content (AvgIpc) is 3.06. The molecule has 132 valence electrons. The standard InChI is InChI=1S/C18H22N4O3/c1-13-9-20-22(10-13)15-3-2-8-21(11-15)17(23)12-25-16-6-4-14(5-7-16)18(19)24/h4-7,9-10,15H,2-3,8,11-12H2,1H3,(H2,19,24). The van der Waals surface area contributed by atoms with E-state index in [1.165, 1.54) is 0 Å². The predicted molar refractivity (Wildman–Crippen MR) is 92.3 cm³/mol. The van der Waals surface area contributed by atoms with E-state index in [0.29, 0.717) is 17.9 Å². The zero-order valence-corrected chi connectivity index (χ0v) is 14.2. The molecule has 1 aromatic heterocycles. The highest BCUT2D eigenvalue weighted by atomic mass is 16.5. The minimum atomic E-state index is -0.490. The number of carbonyl (C=O) groups excluding carboxylic acids is 2. The zero-order valence-electron chi connectivity index (χ0n) is 14.2. The summed E-state index contributed by atoms with van der Waals surface area (Å²) in [6, 6.07) is 6.65. The van der Waals surface area contributed by atoms with Crippen molar-refractivity contribution in [2.75, 3.05) is 19.7 Å². The number of nitrogens with two attached hydrogens (primary N) is 1. The summed E-state index contributed by atoms with van der Waals surface area (Å²) in [4.78, 5) is 25.3. The van der Waals surface area contributed by atoms with E-state index in [0.717, 1.165) is 24.9 Å². The van der Waals surface area contributed by atoms with Crippen LogP contribution in [0.25, 0.3) is 0 Å². The summed E-state index contributed by atoms with van der Waals surface area (Å²) in [6.07, 6.45) is 5.80. The topological polar surface area (TPSA) is 90.4 Å². The second-order valence-corrected chi connectivity index (χ2v) is 6.31. The van der Waals surface area contributed by atoms with Gasteiger partial charge in [0, 0.05) is 24.8 Å². The number of aryl methyl sites for hydroxylation is 1. The Hall–Kier alpha value is -2.83. The van der Waals surface area contributed by atoms with Crippen LogP contribution < -0.4 is 10.5 Å². The normalized spacial score (nSPS) is 17.3. The first-order valence-electron chi connectivity index (χ1n) is 8.34. The minimum Gasteiger partial charge on any atom is -0.484 e. The van der Waals surface area contributed by atoms with E-state index in [-0.39, 0.29) is 18.6 Å². The maximum Gasteiger partial charge on any atom is 0.260 e. The Bertz CT molecular complexity index is 754. The number of primary amides is 1. The number of hydrogen-bond donors (Lipinski definition) is 1. The van der Waals surface area contributed by atoms with Gasteiger partial charge in [-0.15, -0.1) is 0 Å². The average molecular weight is 342 g/mol. The third-order valence-corrected chi connectivity index (χ3v) is 4.36. The van der Waals surface area contributed by atoms with Gasteiger partial charge in [-0.25, -0.2) is 0 Å². The second-order valence-electron chi connectivity index (χ2n) is 6.31. The lowest BCUT2D eigenvalue weighted by molar-refractivity contribution is -0.135. The molecule has 1 saturated heterocycles. The first-order chi connectivity index (χ1) is 12.0. The van der Waals surface area contributed by atoms with Gasteiger partial charge in [0.1, 0.15) is 5.75 Å². The van der Waals surface area contributed by atoms with Crippen molar-refractivity contribution in [2.24, 2.45) is 5.73 Å². The number of ether oxygens (including phenoxy) is 1. The number of amides is 2.